The van der Waals surface area contributed by atoms with Crippen LogP contribution in [0, 0.1) is 11.7 Å². The van der Waals surface area contributed by atoms with Crippen LogP contribution in [0.2, 0.25) is 0 Å². The van der Waals surface area contributed by atoms with E-state index in [1.54, 1.807) is 0 Å². The molecule has 0 fully saturated rings. The zero-order chi connectivity index (χ0) is 14.6. The molecule has 0 spiro atoms. The first-order valence-electron chi connectivity index (χ1n) is 6.15. The Morgan fingerprint density at radius 2 is 1.95 bits per heavy atom. The van der Waals surface area contributed by atoms with E-state index in [0.29, 0.717) is 12.1 Å². The highest BCUT2D eigenvalue weighted by Gasteiger charge is 2.34. The molecule has 0 bridgehead atoms. The van der Waals surface area contributed by atoms with Gasteiger partial charge in [-0.3, -0.25) is 4.79 Å². The molecular formula is C14H16F4O. The number of carbonyl (C=O) groups excluding carboxylic acids is 1. The molecule has 0 aliphatic rings. The lowest BCUT2D eigenvalue weighted by Crippen LogP contribution is -2.12. The van der Waals surface area contributed by atoms with Crippen molar-refractivity contribution < 1.29 is 22.4 Å². The van der Waals surface area contributed by atoms with Gasteiger partial charge in [-0.05, 0) is 24.1 Å². The maximum absolute atomic E-state index is 13.1. The van der Waals surface area contributed by atoms with Crippen molar-refractivity contribution >= 4 is 5.78 Å². The van der Waals surface area contributed by atoms with Gasteiger partial charge in [0.25, 0.3) is 0 Å². The molecule has 19 heavy (non-hydrogen) atoms. The van der Waals surface area contributed by atoms with Gasteiger partial charge in [-0.15, -0.1) is 0 Å². The molecule has 0 heterocycles. The number of Topliss-reactive ketones (excluding diaryl/α,β-unsaturated/α-hetero) is 1. The van der Waals surface area contributed by atoms with Gasteiger partial charge >= 0.3 is 6.18 Å². The molecule has 1 nitrogen and oxygen atoms in total. The SMILES string of the molecule is CCCC(C)CC(=O)c1ccc(F)c(C(F)(F)F)c1. The van der Waals surface area contributed by atoms with Gasteiger partial charge < -0.3 is 0 Å². The summed E-state index contributed by atoms with van der Waals surface area (Å²) in [6.07, 6.45) is -2.86. The van der Waals surface area contributed by atoms with Gasteiger partial charge in [0.05, 0.1) is 5.56 Å². The highest BCUT2D eigenvalue weighted by molar-refractivity contribution is 5.96. The molecule has 0 amide bonds. The Balaban J connectivity index is 2.93. The summed E-state index contributed by atoms with van der Waals surface area (Å²) in [5.74, 6) is -1.63. The van der Waals surface area contributed by atoms with E-state index < -0.39 is 17.6 Å². The maximum Gasteiger partial charge on any atom is 0.419 e. The minimum Gasteiger partial charge on any atom is -0.294 e. The summed E-state index contributed by atoms with van der Waals surface area (Å²) in [4.78, 5) is 11.8. The fourth-order valence-corrected chi connectivity index (χ4v) is 1.95. The van der Waals surface area contributed by atoms with Crippen molar-refractivity contribution in [2.75, 3.05) is 0 Å². The van der Waals surface area contributed by atoms with Crippen LogP contribution >= 0.6 is 0 Å². The van der Waals surface area contributed by atoms with Crippen LogP contribution in [-0.4, -0.2) is 5.78 Å². The lowest BCUT2D eigenvalue weighted by atomic mass is 9.95. The zero-order valence-electron chi connectivity index (χ0n) is 10.9. The van der Waals surface area contributed by atoms with E-state index in [-0.39, 0.29) is 23.7 Å². The molecule has 0 aliphatic heterocycles. The van der Waals surface area contributed by atoms with Crippen LogP contribution in [0.5, 0.6) is 0 Å². The van der Waals surface area contributed by atoms with E-state index in [4.69, 9.17) is 0 Å². The minimum atomic E-state index is -4.78. The van der Waals surface area contributed by atoms with Crippen LogP contribution in [0.1, 0.15) is 49.0 Å². The smallest absolute Gasteiger partial charge is 0.294 e. The Hall–Kier alpha value is -1.39. The van der Waals surface area contributed by atoms with Crippen LogP contribution in [-0.2, 0) is 6.18 Å². The number of ketones is 1. The molecule has 0 aliphatic carbocycles. The van der Waals surface area contributed by atoms with Crippen molar-refractivity contribution in [1.82, 2.24) is 0 Å². The molecular weight excluding hydrogens is 260 g/mol. The van der Waals surface area contributed by atoms with Crippen molar-refractivity contribution in [3.05, 3.63) is 35.1 Å². The molecule has 0 radical (unpaired) electrons. The Kier molecular flexibility index (Phi) is 5.09. The first kappa shape index (κ1) is 15.7. The van der Waals surface area contributed by atoms with Crippen LogP contribution in [0.15, 0.2) is 18.2 Å². The van der Waals surface area contributed by atoms with Crippen molar-refractivity contribution in [2.45, 2.75) is 39.3 Å². The van der Waals surface area contributed by atoms with Gasteiger partial charge in [-0.2, -0.15) is 13.2 Å². The Labute approximate surface area is 109 Å². The molecule has 1 rings (SSSR count). The van der Waals surface area contributed by atoms with Crippen LogP contribution in [0.3, 0.4) is 0 Å². The van der Waals surface area contributed by atoms with Gasteiger partial charge in [-0.1, -0.05) is 26.7 Å². The second-order valence-electron chi connectivity index (χ2n) is 4.71. The standard InChI is InChI=1S/C14H16F4O/c1-3-4-9(2)7-13(19)10-5-6-12(15)11(8-10)14(16,17)18/h5-6,8-9H,3-4,7H2,1-2H3. The number of carbonyl (C=O) groups is 1. The summed E-state index contributed by atoms with van der Waals surface area (Å²) >= 11 is 0. The van der Waals surface area contributed by atoms with E-state index in [1.807, 2.05) is 13.8 Å². The molecule has 1 aromatic carbocycles. The average molecular weight is 276 g/mol. The van der Waals surface area contributed by atoms with Crippen molar-refractivity contribution in [3.63, 3.8) is 0 Å². The summed E-state index contributed by atoms with van der Waals surface area (Å²) in [6, 6.07) is 2.39. The van der Waals surface area contributed by atoms with Gasteiger partial charge in [0.1, 0.15) is 5.82 Å². The lowest BCUT2D eigenvalue weighted by Gasteiger charge is -2.11. The van der Waals surface area contributed by atoms with Crippen LogP contribution < -0.4 is 0 Å². The number of benzene rings is 1. The number of rotatable bonds is 5. The predicted molar refractivity (Wildman–Crippen MR) is 64.4 cm³/mol. The third kappa shape index (κ3) is 4.33. The quantitative estimate of drug-likeness (QED) is 0.554. The Bertz CT molecular complexity index is 451. The summed E-state index contributed by atoms with van der Waals surface area (Å²) < 4.78 is 50.7. The molecule has 0 aromatic heterocycles. The number of alkyl halides is 3. The average Bonchev–Trinajstić information content (AvgIpc) is 2.27. The third-order valence-electron chi connectivity index (χ3n) is 2.91. The molecule has 0 saturated carbocycles. The number of halogens is 4. The van der Waals surface area contributed by atoms with Crippen LogP contribution in [0.25, 0.3) is 0 Å². The highest BCUT2D eigenvalue weighted by Crippen LogP contribution is 2.32. The predicted octanol–water partition coefficient (Wildman–Crippen LogP) is 4.85. The van der Waals surface area contributed by atoms with E-state index in [0.717, 1.165) is 18.9 Å². The van der Waals surface area contributed by atoms with E-state index in [9.17, 15) is 22.4 Å². The van der Waals surface area contributed by atoms with Gasteiger partial charge in [0, 0.05) is 12.0 Å². The number of hydrogen-bond donors (Lipinski definition) is 0. The van der Waals surface area contributed by atoms with Gasteiger partial charge in [0.2, 0.25) is 0 Å². The topological polar surface area (TPSA) is 17.1 Å². The second kappa shape index (κ2) is 6.17. The molecule has 1 unspecified atom stereocenters. The van der Waals surface area contributed by atoms with Crippen molar-refractivity contribution in [2.24, 2.45) is 5.92 Å². The van der Waals surface area contributed by atoms with E-state index in [1.165, 1.54) is 0 Å². The summed E-state index contributed by atoms with van der Waals surface area (Å²) in [5.41, 5.74) is -1.47. The first-order chi connectivity index (χ1) is 8.75. The lowest BCUT2D eigenvalue weighted by molar-refractivity contribution is -0.140. The molecule has 5 heteroatoms. The maximum atomic E-state index is 13.1. The fourth-order valence-electron chi connectivity index (χ4n) is 1.95. The van der Waals surface area contributed by atoms with E-state index in [2.05, 4.69) is 0 Å². The Morgan fingerprint density at radius 3 is 2.47 bits per heavy atom. The fraction of sp³-hybridized carbons (Fsp3) is 0.500. The van der Waals surface area contributed by atoms with Gasteiger partial charge in [0.15, 0.2) is 5.78 Å². The van der Waals surface area contributed by atoms with Crippen molar-refractivity contribution in [3.8, 4) is 0 Å². The molecule has 106 valence electrons. The molecule has 1 atom stereocenters. The highest BCUT2D eigenvalue weighted by atomic mass is 19.4. The molecule has 1 aromatic rings. The summed E-state index contributed by atoms with van der Waals surface area (Å²) in [6.45, 7) is 3.84. The minimum absolute atomic E-state index is 0.0864. The second-order valence-corrected chi connectivity index (χ2v) is 4.71. The summed E-state index contributed by atoms with van der Waals surface area (Å²) in [7, 11) is 0. The normalized spacial score (nSPS) is 13.4. The molecule has 0 saturated heterocycles. The summed E-state index contributed by atoms with van der Waals surface area (Å²) in [5, 5.41) is 0. The zero-order valence-corrected chi connectivity index (χ0v) is 10.9. The Morgan fingerprint density at radius 1 is 1.32 bits per heavy atom. The first-order valence-corrected chi connectivity index (χ1v) is 6.15. The van der Waals surface area contributed by atoms with Crippen LogP contribution in [0.4, 0.5) is 17.6 Å². The van der Waals surface area contributed by atoms with E-state index >= 15 is 0 Å². The van der Waals surface area contributed by atoms with Gasteiger partial charge in [-0.25, -0.2) is 4.39 Å². The van der Waals surface area contributed by atoms with Crippen molar-refractivity contribution in [1.29, 1.82) is 0 Å². The monoisotopic (exact) mass is 276 g/mol. The largest absolute Gasteiger partial charge is 0.419 e. The molecule has 0 N–H and O–H groups in total. The number of hydrogen-bond acceptors (Lipinski definition) is 1. The third-order valence-corrected chi connectivity index (χ3v) is 2.91.